The van der Waals surface area contributed by atoms with Gasteiger partial charge in [0.1, 0.15) is 0 Å². The fraction of sp³-hybridized carbons (Fsp3) is 0. The fourth-order valence-electron chi connectivity index (χ4n) is 0.0763. The van der Waals surface area contributed by atoms with Gasteiger partial charge in [0.05, 0.1) is 5.97 Å². The molecule has 0 aliphatic carbocycles. The summed E-state index contributed by atoms with van der Waals surface area (Å²) in [6.07, 6.45) is 1.15. The lowest BCUT2D eigenvalue weighted by molar-refractivity contribution is 0.403. The average Bonchev–Trinajstić information content (AvgIpc) is 1.68. The van der Waals surface area contributed by atoms with E-state index >= 15 is 0 Å². The summed E-state index contributed by atoms with van der Waals surface area (Å²) in [6, 6.07) is 0. The third-order valence-corrected chi connectivity index (χ3v) is 0.275. The molecule has 0 aromatic heterocycles. The zero-order valence-corrected chi connectivity index (χ0v) is 3.33. The normalized spacial score (nSPS) is 5.57. The molecule has 0 aromatic carbocycles. The van der Waals surface area contributed by atoms with Crippen LogP contribution in [0.3, 0.4) is 0 Å². The van der Waals surface area contributed by atoms with Gasteiger partial charge in [0, 0.05) is 0 Å². The van der Waals surface area contributed by atoms with E-state index < -0.39 is 7.12 Å². The summed E-state index contributed by atoms with van der Waals surface area (Å²) >= 11 is 0. The first-order valence-corrected chi connectivity index (χ1v) is 1.43. The lowest BCUT2D eigenvalue weighted by Gasteiger charge is -1.82. The van der Waals surface area contributed by atoms with Gasteiger partial charge in [-0.25, -0.2) is 5.26 Å². The maximum absolute atomic E-state index is 8.05. The van der Waals surface area contributed by atoms with Crippen molar-refractivity contribution in [3.8, 4) is 12.2 Å². The molecule has 0 fully saturated rings. The van der Waals surface area contributed by atoms with Crippen LogP contribution in [0.4, 0.5) is 0 Å². The Morgan fingerprint density at radius 2 is 2.14 bits per heavy atom. The summed E-state index contributed by atoms with van der Waals surface area (Å²) < 4.78 is 3.69. The Hall–Kier alpha value is -1.20. The van der Waals surface area contributed by atoms with E-state index in [9.17, 15) is 0 Å². The van der Waals surface area contributed by atoms with Crippen molar-refractivity contribution in [2.24, 2.45) is 0 Å². The standard InChI is InChI=1S/C2HBN2O2/c4-1-3(6)7-2-5/h6H. The van der Waals surface area contributed by atoms with E-state index in [0.29, 0.717) is 0 Å². The van der Waals surface area contributed by atoms with Crippen LogP contribution in [0.15, 0.2) is 0 Å². The molecule has 4 nitrogen and oxygen atoms in total. The van der Waals surface area contributed by atoms with Crippen LogP contribution < -0.4 is 0 Å². The maximum atomic E-state index is 8.05. The van der Waals surface area contributed by atoms with Gasteiger partial charge < -0.3 is 9.68 Å². The van der Waals surface area contributed by atoms with Crippen molar-refractivity contribution in [3.63, 3.8) is 0 Å². The zero-order chi connectivity index (χ0) is 5.70. The third kappa shape index (κ3) is 2.61. The molecular formula is C2HBN2O2. The molecule has 0 bridgehead atoms. The molecule has 34 valence electrons. The predicted octanol–water partition coefficient (Wildman–Crippen LogP) is -0.973. The van der Waals surface area contributed by atoms with E-state index in [1.807, 2.05) is 0 Å². The number of rotatable bonds is 1. The number of hydrogen-bond donors (Lipinski definition) is 1. The average molecular weight is 95.9 g/mol. The fourth-order valence-corrected chi connectivity index (χ4v) is 0.0763. The van der Waals surface area contributed by atoms with Gasteiger partial charge >= 0.3 is 7.12 Å². The highest BCUT2D eigenvalue weighted by molar-refractivity contribution is 6.52. The van der Waals surface area contributed by atoms with Crippen molar-refractivity contribution in [1.29, 1.82) is 10.5 Å². The van der Waals surface area contributed by atoms with Crippen molar-refractivity contribution in [2.45, 2.75) is 0 Å². The second kappa shape index (κ2) is 3.01. The molecule has 0 radical (unpaired) electrons. The minimum absolute atomic E-state index is 1.15. The largest absolute Gasteiger partial charge is 0.655 e. The molecule has 0 rings (SSSR count). The Labute approximate surface area is 40.7 Å². The minimum Gasteiger partial charge on any atom is -0.455 e. The molecule has 0 aliphatic heterocycles. The van der Waals surface area contributed by atoms with Crippen molar-refractivity contribution in [2.75, 3.05) is 0 Å². The first-order chi connectivity index (χ1) is 3.31. The van der Waals surface area contributed by atoms with E-state index in [0.717, 1.165) is 6.26 Å². The highest BCUT2D eigenvalue weighted by Crippen LogP contribution is 1.70. The van der Waals surface area contributed by atoms with Crippen molar-refractivity contribution >= 4 is 7.12 Å². The number of hydrogen-bond acceptors (Lipinski definition) is 4. The quantitative estimate of drug-likeness (QED) is 0.336. The molecule has 0 amide bonds. The smallest absolute Gasteiger partial charge is 0.455 e. The molecule has 0 aromatic rings. The number of nitriles is 2. The van der Waals surface area contributed by atoms with Gasteiger partial charge in [-0.05, 0) is 0 Å². The van der Waals surface area contributed by atoms with Crippen LogP contribution in [0.2, 0.25) is 0 Å². The van der Waals surface area contributed by atoms with Gasteiger partial charge in [-0.15, -0.1) is 0 Å². The number of nitrogens with zero attached hydrogens (tertiary/aromatic N) is 2. The summed E-state index contributed by atoms with van der Waals surface area (Å²) in [7, 11) is -1.61. The Morgan fingerprint density at radius 1 is 1.57 bits per heavy atom. The molecule has 0 saturated carbocycles. The van der Waals surface area contributed by atoms with Crippen molar-refractivity contribution in [3.05, 3.63) is 0 Å². The highest BCUT2D eigenvalue weighted by atomic mass is 16.5. The van der Waals surface area contributed by atoms with Crippen LogP contribution in [0, 0.1) is 22.7 Å². The van der Waals surface area contributed by atoms with E-state index in [1.54, 1.807) is 0 Å². The summed E-state index contributed by atoms with van der Waals surface area (Å²) in [4.78, 5) is 0. The summed E-state index contributed by atoms with van der Waals surface area (Å²) in [6.45, 7) is 0. The second-order valence-corrected chi connectivity index (χ2v) is 0.691. The molecular weight excluding hydrogens is 94.8 g/mol. The van der Waals surface area contributed by atoms with Gasteiger partial charge in [-0.3, -0.25) is 0 Å². The predicted molar refractivity (Wildman–Crippen MR) is 20.3 cm³/mol. The summed E-state index contributed by atoms with van der Waals surface area (Å²) in [5, 5.41) is 23.3. The maximum Gasteiger partial charge on any atom is 0.655 e. The minimum atomic E-state index is -1.61. The van der Waals surface area contributed by atoms with Gasteiger partial charge in [-0.2, -0.15) is 5.26 Å². The lowest BCUT2D eigenvalue weighted by Crippen LogP contribution is -2.10. The first-order valence-electron chi connectivity index (χ1n) is 1.43. The van der Waals surface area contributed by atoms with E-state index in [4.69, 9.17) is 15.5 Å². The van der Waals surface area contributed by atoms with E-state index in [1.165, 1.54) is 5.97 Å². The van der Waals surface area contributed by atoms with Crippen LogP contribution >= 0.6 is 0 Å². The van der Waals surface area contributed by atoms with Gasteiger partial charge in [-0.1, -0.05) is 0 Å². The molecule has 1 N–H and O–H groups in total. The monoisotopic (exact) mass is 96.0 g/mol. The highest BCUT2D eigenvalue weighted by Gasteiger charge is 2.10. The summed E-state index contributed by atoms with van der Waals surface area (Å²) in [5.41, 5.74) is 0. The van der Waals surface area contributed by atoms with E-state index in [-0.39, 0.29) is 0 Å². The van der Waals surface area contributed by atoms with Crippen LogP contribution in [-0.2, 0) is 4.65 Å². The molecule has 5 heteroatoms. The van der Waals surface area contributed by atoms with Crippen LogP contribution in [0.25, 0.3) is 0 Å². The van der Waals surface area contributed by atoms with Gasteiger partial charge in [0.2, 0.25) is 0 Å². The molecule has 0 unspecified atom stereocenters. The van der Waals surface area contributed by atoms with Gasteiger partial charge in [0.15, 0.2) is 0 Å². The topological polar surface area (TPSA) is 77.0 Å². The summed E-state index contributed by atoms with van der Waals surface area (Å²) in [5.74, 6) is 1.28. The molecule has 7 heavy (non-hydrogen) atoms. The third-order valence-electron chi connectivity index (χ3n) is 0.275. The molecule has 0 atom stereocenters. The zero-order valence-electron chi connectivity index (χ0n) is 3.33. The van der Waals surface area contributed by atoms with Crippen LogP contribution in [-0.4, -0.2) is 12.1 Å². The Morgan fingerprint density at radius 3 is 2.29 bits per heavy atom. The molecule has 0 heterocycles. The first kappa shape index (κ1) is 5.80. The Kier molecular flexibility index (Phi) is 2.50. The van der Waals surface area contributed by atoms with Crippen molar-refractivity contribution < 1.29 is 9.68 Å². The SMILES string of the molecule is N#COB(O)C#N. The lowest BCUT2D eigenvalue weighted by atomic mass is 9.96. The van der Waals surface area contributed by atoms with E-state index in [2.05, 4.69) is 4.65 Å². The Balaban J connectivity index is 3.27. The van der Waals surface area contributed by atoms with Crippen LogP contribution in [0.5, 0.6) is 0 Å². The van der Waals surface area contributed by atoms with Gasteiger partial charge in [0.25, 0.3) is 6.26 Å². The van der Waals surface area contributed by atoms with Crippen LogP contribution in [0.1, 0.15) is 0 Å². The molecule has 0 aliphatic rings. The molecule has 0 spiro atoms. The Bertz CT molecular complexity index is 123. The van der Waals surface area contributed by atoms with Crippen molar-refractivity contribution in [1.82, 2.24) is 0 Å². The molecule has 0 saturated heterocycles. The second-order valence-electron chi connectivity index (χ2n) is 0.691.